The zero-order valence-electron chi connectivity index (χ0n) is 10.7. The molecule has 0 aliphatic carbocycles. The third-order valence-electron chi connectivity index (χ3n) is 2.82. The molecular weight excluding hydrogens is 279 g/mol. The van der Waals surface area contributed by atoms with Crippen molar-refractivity contribution in [3.63, 3.8) is 0 Å². The summed E-state index contributed by atoms with van der Waals surface area (Å²) in [5.74, 6) is -0.600. The number of hydrogen-bond donors (Lipinski definition) is 0. The van der Waals surface area contributed by atoms with Gasteiger partial charge in [-0.05, 0) is 18.2 Å². The van der Waals surface area contributed by atoms with Crippen LogP contribution in [0, 0.1) is 15.9 Å². The van der Waals surface area contributed by atoms with Crippen LogP contribution in [-0.4, -0.2) is 9.91 Å². The number of aromatic nitrogens is 1. The Balaban J connectivity index is 1.76. The molecule has 3 aromatic rings. The Morgan fingerprint density at radius 1 is 1.29 bits per heavy atom. The highest BCUT2D eigenvalue weighted by atomic mass is 19.1. The van der Waals surface area contributed by atoms with Gasteiger partial charge < -0.3 is 9.15 Å². The van der Waals surface area contributed by atoms with Crippen LogP contribution in [0.3, 0.4) is 0 Å². The average Bonchev–Trinajstić information content (AvgIpc) is 2.88. The molecule has 6 nitrogen and oxygen atoms in total. The topological polar surface area (TPSA) is 78.4 Å². The fourth-order valence-electron chi connectivity index (χ4n) is 1.84. The van der Waals surface area contributed by atoms with Crippen LogP contribution in [0.25, 0.3) is 11.1 Å². The van der Waals surface area contributed by atoms with Crippen LogP contribution < -0.4 is 4.74 Å². The molecule has 0 aliphatic rings. The summed E-state index contributed by atoms with van der Waals surface area (Å²) in [6, 6.07) is 10.4. The van der Waals surface area contributed by atoms with Gasteiger partial charge in [0, 0.05) is 6.07 Å². The highest BCUT2D eigenvalue weighted by Crippen LogP contribution is 2.24. The van der Waals surface area contributed by atoms with Gasteiger partial charge in [-0.25, -0.2) is 9.37 Å². The molecule has 0 atom stereocenters. The van der Waals surface area contributed by atoms with Crippen LogP contribution in [0.15, 0.2) is 46.9 Å². The fourth-order valence-corrected chi connectivity index (χ4v) is 1.84. The number of benzene rings is 2. The van der Waals surface area contributed by atoms with E-state index in [1.807, 2.05) is 12.1 Å². The van der Waals surface area contributed by atoms with Gasteiger partial charge in [0.2, 0.25) is 5.89 Å². The van der Waals surface area contributed by atoms with Gasteiger partial charge in [-0.3, -0.25) is 10.1 Å². The SMILES string of the molecule is O=[N+]([O-])c1ccc(OCc2nc3ccccc3o2)c(F)c1. The molecule has 21 heavy (non-hydrogen) atoms. The van der Waals surface area contributed by atoms with E-state index >= 15 is 0 Å². The van der Waals surface area contributed by atoms with E-state index in [-0.39, 0.29) is 18.0 Å². The number of nitro benzene ring substituents is 1. The minimum Gasteiger partial charge on any atom is -0.481 e. The summed E-state index contributed by atoms with van der Waals surface area (Å²) in [5.41, 5.74) is 0.960. The van der Waals surface area contributed by atoms with Gasteiger partial charge in [-0.15, -0.1) is 0 Å². The fraction of sp³-hybridized carbons (Fsp3) is 0.0714. The number of oxazole rings is 1. The van der Waals surface area contributed by atoms with E-state index in [0.29, 0.717) is 17.0 Å². The van der Waals surface area contributed by atoms with Crippen molar-refractivity contribution in [3.8, 4) is 5.75 Å². The maximum absolute atomic E-state index is 13.6. The van der Waals surface area contributed by atoms with E-state index in [2.05, 4.69) is 4.98 Å². The third kappa shape index (κ3) is 2.66. The summed E-state index contributed by atoms with van der Waals surface area (Å²) in [4.78, 5) is 14.0. The number of non-ortho nitro benzene ring substituents is 1. The molecule has 0 aliphatic heterocycles. The van der Waals surface area contributed by atoms with Crippen molar-refractivity contribution in [3.05, 3.63) is 64.3 Å². The Morgan fingerprint density at radius 3 is 2.81 bits per heavy atom. The summed E-state index contributed by atoms with van der Waals surface area (Å²) >= 11 is 0. The van der Waals surface area contributed by atoms with Crippen LogP contribution in [0.5, 0.6) is 5.75 Å². The van der Waals surface area contributed by atoms with Crippen LogP contribution in [0.1, 0.15) is 5.89 Å². The molecule has 0 fully saturated rings. The highest BCUT2D eigenvalue weighted by Gasteiger charge is 2.13. The molecule has 1 aromatic heterocycles. The van der Waals surface area contributed by atoms with Crippen LogP contribution >= 0.6 is 0 Å². The molecule has 0 spiro atoms. The van der Waals surface area contributed by atoms with Gasteiger partial charge >= 0.3 is 0 Å². The van der Waals surface area contributed by atoms with Crippen LogP contribution in [-0.2, 0) is 6.61 Å². The minimum absolute atomic E-state index is 0.0661. The Bertz CT molecular complexity index is 783. The number of nitrogens with zero attached hydrogens (tertiary/aromatic N) is 2. The number of ether oxygens (including phenoxy) is 1. The van der Waals surface area contributed by atoms with Gasteiger partial charge in [0.25, 0.3) is 5.69 Å². The van der Waals surface area contributed by atoms with Crippen molar-refractivity contribution in [1.29, 1.82) is 0 Å². The second-order valence-corrected chi connectivity index (χ2v) is 4.24. The Hall–Kier alpha value is -2.96. The summed E-state index contributed by atoms with van der Waals surface area (Å²) in [5, 5.41) is 10.5. The van der Waals surface area contributed by atoms with Gasteiger partial charge in [0.15, 0.2) is 23.8 Å². The summed E-state index contributed by atoms with van der Waals surface area (Å²) in [6.45, 7) is -0.0661. The van der Waals surface area contributed by atoms with E-state index in [1.165, 1.54) is 12.1 Å². The lowest BCUT2D eigenvalue weighted by molar-refractivity contribution is -0.385. The number of halogens is 1. The van der Waals surface area contributed by atoms with Crippen LogP contribution in [0.2, 0.25) is 0 Å². The lowest BCUT2D eigenvalue weighted by atomic mass is 10.3. The van der Waals surface area contributed by atoms with E-state index in [4.69, 9.17) is 9.15 Å². The summed E-state index contributed by atoms with van der Waals surface area (Å²) in [6.07, 6.45) is 0. The maximum atomic E-state index is 13.6. The molecule has 0 unspecified atom stereocenters. The minimum atomic E-state index is -0.805. The predicted octanol–water partition coefficient (Wildman–Crippen LogP) is 3.45. The Morgan fingerprint density at radius 2 is 2.10 bits per heavy atom. The molecule has 0 radical (unpaired) electrons. The van der Waals surface area contributed by atoms with Crippen molar-refractivity contribution < 1.29 is 18.5 Å². The summed E-state index contributed by atoms with van der Waals surface area (Å²) < 4.78 is 24.3. The van der Waals surface area contributed by atoms with Crippen LogP contribution in [0.4, 0.5) is 10.1 Å². The molecule has 0 amide bonds. The monoisotopic (exact) mass is 288 g/mol. The lowest BCUT2D eigenvalue weighted by Gasteiger charge is -2.04. The van der Waals surface area contributed by atoms with Crippen molar-refractivity contribution in [2.45, 2.75) is 6.61 Å². The first-order valence-corrected chi connectivity index (χ1v) is 6.04. The molecule has 2 aromatic carbocycles. The first-order valence-electron chi connectivity index (χ1n) is 6.04. The van der Waals surface area contributed by atoms with Gasteiger partial charge in [0.1, 0.15) is 5.52 Å². The van der Waals surface area contributed by atoms with Gasteiger partial charge in [-0.2, -0.15) is 0 Å². The molecule has 1 heterocycles. The number of para-hydroxylation sites is 2. The van der Waals surface area contributed by atoms with Crippen molar-refractivity contribution >= 4 is 16.8 Å². The van der Waals surface area contributed by atoms with Crippen molar-refractivity contribution in [2.24, 2.45) is 0 Å². The van der Waals surface area contributed by atoms with Crippen molar-refractivity contribution in [2.75, 3.05) is 0 Å². The zero-order valence-corrected chi connectivity index (χ0v) is 10.7. The predicted molar refractivity (Wildman–Crippen MR) is 71.4 cm³/mol. The van der Waals surface area contributed by atoms with E-state index in [0.717, 1.165) is 6.07 Å². The third-order valence-corrected chi connectivity index (χ3v) is 2.82. The normalized spacial score (nSPS) is 10.7. The number of rotatable bonds is 4. The van der Waals surface area contributed by atoms with E-state index in [1.54, 1.807) is 12.1 Å². The van der Waals surface area contributed by atoms with E-state index in [9.17, 15) is 14.5 Å². The molecule has 7 heteroatoms. The standard InChI is InChI=1S/C14H9FN2O4/c15-10-7-9(17(18)19)5-6-12(10)20-8-14-16-11-3-1-2-4-13(11)21-14/h1-7H,8H2. The highest BCUT2D eigenvalue weighted by molar-refractivity contribution is 5.72. The molecule has 106 valence electrons. The Labute approximate surface area is 117 Å². The van der Waals surface area contributed by atoms with Gasteiger partial charge in [0.05, 0.1) is 11.0 Å². The van der Waals surface area contributed by atoms with Crippen molar-refractivity contribution in [1.82, 2.24) is 4.98 Å². The molecule has 0 bridgehead atoms. The first kappa shape index (κ1) is 13.0. The molecule has 0 saturated carbocycles. The molecule has 0 saturated heterocycles. The number of fused-ring (bicyclic) bond motifs is 1. The second-order valence-electron chi connectivity index (χ2n) is 4.24. The average molecular weight is 288 g/mol. The maximum Gasteiger partial charge on any atom is 0.272 e. The second kappa shape index (κ2) is 5.20. The molecular formula is C14H9FN2O4. The zero-order chi connectivity index (χ0) is 14.8. The molecule has 0 N–H and O–H groups in total. The lowest BCUT2D eigenvalue weighted by Crippen LogP contribution is -1.98. The first-order chi connectivity index (χ1) is 10.1. The largest absolute Gasteiger partial charge is 0.481 e. The molecule has 3 rings (SSSR count). The Kier molecular flexibility index (Phi) is 3.23. The van der Waals surface area contributed by atoms with E-state index < -0.39 is 10.7 Å². The number of nitro groups is 1. The number of hydrogen-bond acceptors (Lipinski definition) is 5. The summed E-state index contributed by atoms with van der Waals surface area (Å²) in [7, 11) is 0. The smallest absolute Gasteiger partial charge is 0.272 e. The quantitative estimate of drug-likeness (QED) is 0.542. The van der Waals surface area contributed by atoms with Gasteiger partial charge in [-0.1, -0.05) is 12.1 Å².